The molecule has 1 unspecified atom stereocenters. The van der Waals surface area contributed by atoms with Crippen molar-refractivity contribution in [2.45, 2.75) is 96.0 Å². The summed E-state index contributed by atoms with van der Waals surface area (Å²) in [6.45, 7) is 7.32. The van der Waals surface area contributed by atoms with Crippen LogP contribution >= 0.6 is 22.7 Å². The third-order valence-corrected chi connectivity index (χ3v) is 16.8. The summed E-state index contributed by atoms with van der Waals surface area (Å²) in [5.74, 6) is -0.199. The van der Waals surface area contributed by atoms with Gasteiger partial charge in [-0.1, -0.05) is 57.2 Å². The van der Waals surface area contributed by atoms with Crippen LogP contribution in [0.1, 0.15) is 74.6 Å². The lowest BCUT2D eigenvalue weighted by Crippen LogP contribution is -2.59. The summed E-state index contributed by atoms with van der Waals surface area (Å²) < 4.78 is 58.2. The minimum absolute atomic E-state index is 0.0688. The van der Waals surface area contributed by atoms with Crippen LogP contribution < -0.4 is 10.2 Å². The molecule has 51 heavy (non-hydrogen) atoms. The number of nitrogens with one attached hydrogen (secondary N) is 1. The lowest BCUT2D eigenvalue weighted by molar-refractivity contribution is -0.147. The fourth-order valence-corrected chi connectivity index (χ4v) is 13.8. The molecule has 2 aliphatic rings. The van der Waals surface area contributed by atoms with Crippen molar-refractivity contribution in [1.29, 1.82) is 0 Å². The first-order valence-electron chi connectivity index (χ1n) is 17.3. The minimum Gasteiger partial charge on any atom is -0.332 e. The molecule has 4 aromatic rings. The van der Waals surface area contributed by atoms with E-state index in [4.69, 9.17) is 0 Å². The highest BCUT2D eigenvalue weighted by atomic mass is 32.2. The molecule has 13 heteroatoms. The van der Waals surface area contributed by atoms with E-state index in [0.29, 0.717) is 48.6 Å². The van der Waals surface area contributed by atoms with Gasteiger partial charge in [-0.05, 0) is 74.5 Å². The van der Waals surface area contributed by atoms with Crippen LogP contribution in [0.2, 0.25) is 0 Å². The zero-order valence-corrected chi connectivity index (χ0v) is 32.7. The second-order valence-corrected chi connectivity index (χ2v) is 20.8. The zero-order chi connectivity index (χ0) is 36.6. The molecule has 0 radical (unpaired) electrons. The van der Waals surface area contributed by atoms with Crippen molar-refractivity contribution in [2.75, 3.05) is 25.0 Å². The maximum Gasteiger partial charge on any atom is 0.227 e. The number of carbonyl (C=O) groups excluding carboxylic acids is 2. The van der Waals surface area contributed by atoms with E-state index in [0.717, 1.165) is 41.9 Å². The number of hydrogen-bond donors (Lipinski definition) is 1. The lowest BCUT2D eigenvalue weighted by atomic mass is 9.66. The molecule has 0 spiro atoms. The number of amides is 2. The summed E-state index contributed by atoms with van der Waals surface area (Å²) in [6.07, 6.45) is 3.79. The van der Waals surface area contributed by atoms with E-state index in [1.165, 1.54) is 11.3 Å². The smallest absolute Gasteiger partial charge is 0.227 e. The van der Waals surface area contributed by atoms with Crippen molar-refractivity contribution in [3.05, 3.63) is 88.1 Å². The summed E-state index contributed by atoms with van der Waals surface area (Å²) in [5, 5.41) is 3.16. The molecule has 0 saturated carbocycles. The Morgan fingerprint density at radius 1 is 0.706 bits per heavy atom. The van der Waals surface area contributed by atoms with Gasteiger partial charge in [-0.3, -0.25) is 9.59 Å². The molecule has 9 nitrogen and oxygen atoms in total. The van der Waals surface area contributed by atoms with Crippen molar-refractivity contribution in [2.24, 2.45) is 5.41 Å². The molecule has 0 aliphatic carbocycles. The maximum atomic E-state index is 14.6. The Morgan fingerprint density at radius 3 is 1.80 bits per heavy atom. The zero-order valence-electron chi connectivity index (χ0n) is 29.5. The highest BCUT2D eigenvalue weighted by Gasteiger charge is 2.54. The normalized spacial score (nSPS) is 17.5. The van der Waals surface area contributed by atoms with E-state index >= 15 is 0 Å². The summed E-state index contributed by atoms with van der Waals surface area (Å²) in [6, 6.07) is 20.3. The first kappa shape index (κ1) is 37.4. The largest absolute Gasteiger partial charge is 0.332 e. The molecule has 0 bridgehead atoms. The molecular weight excluding hydrogens is 723 g/mol. The second kappa shape index (κ2) is 14.6. The Hall–Kier alpha value is -3.36. The van der Waals surface area contributed by atoms with Crippen LogP contribution in [0.5, 0.6) is 0 Å². The molecule has 6 rings (SSSR count). The van der Waals surface area contributed by atoms with E-state index in [1.807, 2.05) is 31.7 Å². The van der Waals surface area contributed by atoms with E-state index in [9.17, 15) is 26.4 Å². The Bertz CT molecular complexity index is 2120. The van der Waals surface area contributed by atoms with Gasteiger partial charge in [0.15, 0.2) is 0 Å². The number of nitrogens with zero attached hydrogens (tertiary/aromatic N) is 2. The average molecular weight is 768 g/mol. The summed E-state index contributed by atoms with van der Waals surface area (Å²) in [4.78, 5) is 32.7. The first-order chi connectivity index (χ1) is 24.2. The van der Waals surface area contributed by atoms with Crippen LogP contribution in [0.25, 0.3) is 0 Å². The number of carbonyl (C=O) groups is 2. The van der Waals surface area contributed by atoms with Gasteiger partial charge < -0.3 is 15.1 Å². The average Bonchev–Trinajstić information content (AvgIpc) is 3.74. The molecule has 2 aromatic carbocycles. The molecule has 2 aliphatic heterocycles. The number of sulfone groups is 2. The second-order valence-electron chi connectivity index (χ2n) is 14.3. The number of benzene rings is 2. The van der Waals surface area contributed by atoms with Crippen LogP contribution in [0, 0.1) is 5.41 Å². The van der Waals surface area contributed by atoms with Crippen molar-refractivity contribution in [3.8, 4) is 0 Å². The van der Waals surface area contributed by atoms with Crippen LogP contribution in [0.15, 0.2) is 91.0 Å². The van der Waals surface area contributed by atoms with Gasteiger partial charge in [-0.2, -0.15) is 0 Å². The third-order valence-electron chi connectivity index (χ3n) is 9.94. The summed E-state index contributed by atoms with van der Waals surface area (Å²) in [7, 11) is -6.27. The lowest BCUT2D eigenvalue weighted by Gasteiger charge is -2.54. The van der Waals surface area contributed by atoms with E-state index < -0.39 is 30.6 Å². The molecule has 4 heterocycles. The van der Waals surface area contributed by atoms with Crippen molar-refractivity contribution in [3.63, 3.8) is 0 Å². The predicted octanol–water partition coefficient (Wildman–Crippen LogP) is 7.21. The predicted molar refractivity (Wildman–Crippen MR) is 202 cm³/mol. The number of thiophene rings is 2. The summed E-state index contributed by atoms with van der Waals surface area (Å²) >= 11 is 2.31. The SMILES string of the molecule is CNCc1cc(C(Cc2cc(N3CCCCC3=O)c(S(=O)(=O)c3ccccc3)s2)(N2CCCCC2=O)C(C)(C)C)c(S(=O)(=O)c2ccccc2)s1. The Labute approximate surface area is 309 Å². The minimum atomic E-state index is -4.04. The van der Waals surface area contributed by atoms with Crippen molar-refractivity contribution >= 4 is 59.8 Å². The Balaban J connectivity index is 1.63. The first-order valence-corrected chi connectivity index (χ1v) is 21.9. The van der Waals surface area contributed by atoms with Gasteiger partial charge in [0.1, 0.15) is 8.42 Å². The van der Waals surface area contributed by atoms with Gasteiger partial charge in [0, 0.05) is 54.2 Å². The van der Waals surface area contributed by atoms with Crippen molar-refractivity contribution < 1.29 is 26.4 Å². The Morgan fingerprint density at radius 2 is 1.25 bits per heavy atom. The number of anilines is 1. The molecule has 272 valence electrons. The van der Waals surface area contributed by atoms with Crippen molar-refractivity contribution in [1.82, 2.24) is 10.2 Å². The quantitative estimate of drug-likeness (QED) is 0.171. The molecule has 2 saturated heterocycles. The van der Waals surface area contributed by atoms with Crippen LogP contribution in [0.3, 0.4) is 0 Å². The van der Waals surface area contributed by atoms with E-state index in [1.54, 1.807) is 78.7 Å². The molecule has 2 fully saturated rings. The van der Waals surface area contributed by atoms with Gasteiger partial charge in [0.2, 0.25) is 31.5 Å². The van der Waals surface area contributed by atoms with Gasteiger partial charge in [-0.15, -0.1) is 22.7 Å². The van der Waals surface area contributed by atoms with Crippen LogP contribution in [-0.2, 0) is 47.8 Å². The van der Waals surface area contributed by atoms with E-state index in [-0.39, 0.29) is 36.4 Å². The highest BCUT2D eigenvalue weighted by Crippen LogP contribution is 2.54. The monoisotopic (exact) mass is 767 g/mol. The number of hydrogen-bond acceptors (Lipinski definition) is 9. The maximum absolute atomic E-state index is 14.6. The molecular formula is C38H45N3O6S4. The molecule has 1 N–H and O–H groups in total. The fourth-order valence-electron chi connectivity index (χ4n) is 7.40. The fraction of sp³-hybridized carbons (Fsp3) is 0.421. The molecule has 2 amide bonds. The number of likely N-dealkylation sites (tertiary alicyclic amines) is 1. The molecule has 1 atom stereocenters. The highest BCUT2D eigenvalue weighted by molar-refractivity contribution is 7.94. The topological polar surface area (TPSA) is 121 Å². The number of rotatable bonds is 11. The van der Waals surface area contributed by atoms with Gasteiger partial charge >= 0.3 is 0 Å². The Kier molecular flexibility index (Phi) is 10.7. The van der Waals surface area contributed by atoms with Gasteiger partial charge in [0.05, 0.1) is 21.0 Å². The molecule has 2 aromatic heterocycles. The number of piperidine rings is 2. The van der Waals surface area contributed by atoms with E-state index in [2.05, 4.69) is 5.32 Å². The summed E-state index contributed by atoms with van der Waals surface area (Å²) in [5.41, 5.74) is -1.07. The third kappa shape index (κ3) is 6.95. The van der Waals surface area contributed by atoms with Gasteiger partial charge in [-0.25, -0.2) is 16.8 Å². The van der Waals surface area contributed by atoms with Crippen LogP contribution in [-0.4, -0.2) is 53.7 Å². The standard InChI is InChI=1S/C38H45N3O6S4/c1-37(2,3)38(41-22-14-12-20-34(41)43,31-23-28(26-39-4)49-35(31)50(44,45)29-15-7-5-8-16-29)25-27-24-32(40-21-13-11-19-33(40)42)36(48-27)51(46,47)30-17-9-6-10-18-30/h5-10,15-18,23-24,39H,11-14,19-22,25-26H2,1-4H3. The van der Waals surface area contributed by atoms with Gasteiger partial charge in [0.25, 0.3) is 0 Å². The van der Waals surface area contributed by atoms with Crippen LogP contribution in [0.4, 0.5) is 5.69 Å².